The summed E-state index contributed by atoms with van der Waals surface area (Å²) >= 11 is 0. The Morgan fingerprint density at radius 3 is 2.71 bits per heavy atom. The van der Waals surface area contributed by atoms with Gasteiger partial charge in [0.05, 0.1) is 24.1 Å². The van der Waals surface area contributed by atoms with Gasteiger partial charge in [-0.1, -0.05) is 12.1 Å². The number of rotatable bonds is 5. The fraction of sp³-hybridized carbons (Fsp3) is 0.294. The average Bonchev–Trinajstić information content (AvgIpc) is 3.17. The van der Waals surface area contributed by atoms with Crippen molar-refractivity contribution in [2.75, 3.05) is 13.2 Å². The number of furan rings is 1. The van der Waals surface area contributed by atoms with E-state index in [1.54, 1.807) is 18.2 Å². The molecule has 126 valence electrons. The first kappa shape index (κ1) is 16.2. The number of carbonyl (C=O) groups excluding carboxylic acids is 1. The summed E-state index contributed by atoms with van der Waals surface area (Å²) in [6, 6.07) is 9.01. The molecule has 1 atom stereocenters. The number of ether oxygens (including phenoxy) is 1. The number of hydrogen-bond donors (Lipinski definition) is 2. The molecule has 24 heavy (non-hydrogen) atoms. The maximum Gasteiger partial charge on any atom is 0.305 e. The SMILES string of the molecule is O=C(O)CC1(NC(=O)c2ccc(-c3ccccc3F)o2)CCOC1. The highest BCUT2D eigenvalue weighted by Crippen LogP contribution is 2.27. The van der Waals surface area contributed by atoms with Crippen LogP contribution in [-0.4, -0.2) is 35.7 Å². The van der Waals surface area contributed by atoms with Gasteiger partial charge in [-0.3, -0.25) is 9.59 Å². The Morgan fingerprint density at radius 2 is 2.04 bits per heavy atom. The standard InChI is InChI=1S/C17H16FNO5/c18-12-4-2-1-3-11(12)13-5-6-14(24-13)16(22)19-17(9-15(20)21)7-8-23-10-17/h1-6H,7-10H2,(H,19,22)(H,20,21). The fourth-order valence-corrected chi connectivity index (χ4v) is 2.75. The molecule has 1 amide bonds. The first-order valence-electron chi connectivity index (χ1n) is 7.46. The second-order valence-electron chi connectivity index (χ2n) is 5.75. The van der Waals surface area contributed by atoms with E-state index in [9.17, 15) is 14.0 Å². The molecule has 0 saturated carbocycles. The molecule has 1 unspecified atom stereocenters. The van der Waals surface area contributed by atoms with Gasteiger partial charge in [-0.05, 0) is 30.7 Å². The van der Waals surface area contributed by atoms with Crippen LogP contribution in [0.1, 0.15) is 23.4 Å². The van der Waals surface area contributed by atoms with Gasteiger partial charge in [0.2, 0.25) is 0 Å². The van der Waals surface area contributed by atoms with Crippen molar-refractivity contribution in [3.05, 3.63) is 48.0 Å². The molecule has 7 heteroatoms. The number of aliphatic carboxylic acids is 1. The zero-order valence-electron chi connectivity index (χ0n) is 12.8. The van der Waals surface area contributed by atoms with E-state index in [-0.39, 0.29) is 30.1 Å². The van der Waals surface area contributed by atoms with Gasteiger partial charge < -0.3 is 19.6 Å². The van der Waals surface area contributed by atoms with Crippen molar-refractivity contribution in [3.63, 3.8) is 0 Å². The molecule has 1 aromatic heterocycles. The lowest BCUT2D eigenvalue weighted by Crippen LogP contribution is -2.50. The largest absolute Gasteiger partial charge is 0.481 e. The van der Waals surface area contributed by atoms with E-state index >= 15 is 0 Å². The minimum Gasteiger partial charge on any atom is -0.481 e. The van der Waals surface area contributed by atoms with Crippen LogP contribution in [0.25, 0.3) is 11.3 Å². The van der Waals surface area contributed by atoms with E-state index < -0.39 is 23.2 Å². The van der Waals surface area contributed by atoms with Crippen LogP contribution in [0.5, 0.6) is 0 Å². The molecule has 0 spiro atoms. The highest BCUT2D eigenvalue weighted by molar-refractivity contribution is 5.93. The van der Waals surface area contributed by atoms with Crippen LogP contribution >= 0.6 is 0 Å². The lowest BCUT2D eigenvalue weighted by molar-refractivity contribution is -0.138. The molecular formula is C17H16FNO5. The number of nitrogens with one attached hydrogen (secondary N) is 1. The smallest absolute Gasteiger partial charge is 0.305 e. The van der Waals surface area contributed by atoms with E-state index in [0.29, 0.717) is 13.0 Å². The molecule has 2 aromatic rings. The molecule has 0 aliphatic carbocycles. The van der Waals surface area contributed by atoms with E-state index in [1.807, 2.05) is 0 Å². The van der Waals surface area contributed by atoms with Crippen molar-refractivity contribution in [2.45, 2.75) is 18.4 Å². The van der Waals surface area contributed by atoms with E-state index in [1.165, 1.54) is 18.2 Å². The van der Waals surface area contributed by atoms with Crippen LogP contribution in [-0.2, 0) is 9.53 Å². The Morgan fingerprint density at radius 1 is 1.25 bits per heavy atom. The van der Waals surface area contributed by atoms with Crippen molar-refractivity contribution in [1.82, 2.24) is 5.32 Å². The van der Waals surface area contributed by atoms with Crippen molar-refractivity contribution in [2.24, 2.45) is 0 Å². The lowest BCUT2D eigenvalue weighted by atomic mass is 9.94. The third-order valence-electron chi connectivity index (χ3n) is 3.94. The van der Waals surface area contributed by atoms with Crippen molar-refractivity contribution >= 4 is 11.9 Å². The topological polar surface area (TPSA) is 88.8 Å². The molecule has 0 radical (unpaired) electrons. The summed E-state index contributed by atoms with van der Waals surface area (Å²) in [4.78, 5) is 23.4. The Hall–Kier alpha value is -2.67. The third-order valence-corrected chi connectivity index (χ3v) is 3.94. The summed E-state index contributed by atoms with van der Waals surface area (Å²) in [6.45, 7) is 0.512. The van der Waals surface area contributed by atoms with Gasteiger partial charge in [0, 0.05) is 6.61 Å². The quantitative estimate of drug-likeness (QED) is 0.877. The number of hydrogen-bond acceptors (Lipinski definition) is 4. The number of benzene rings is 1. The van der Waals surface area contributed by atoms with Gasteiger partial charge in [-0.2, -0.15) is 0 Å². The molecule has 2 heterocycles. The zero-order valence-corrected chi connectivity index (χ0v) is 12.8. The highest BCUT2D eigenvalue weighted by Gasteiger charge is 2.39. The Kier molecular flexibility index (Phi) is 4.35. The van der Waals surface area contributed by atoms with E-state index in [4.69, 9.17) is 14.3 Å². The zero-order chi connectivity index (χ0) is 17.2. The number of carboxylic acids is 1. The minimum absolute atomic E-state index is 0.00934. The van der Waals surface area contributed by atoms with Gasteiger partial charge in [-0.15, -0.1) is 0 Å². The van der Waals surface area contributed by atoms with Crippen molar-refractivity contribution in [1.29, 1.82) is 0 Å². The second kappa shape index (κ2) is 6.45. The Labute approximate surface area is 137 Å². The highest BCUT2D eigenvalue weighted by atomic mass is 19.1. The first-order chi connectivity index (χ1) is 11.5. The van der Waals surface area contributed by atoms with Crippen LogP contribution in [0, 0.1) is 5.82 Å². The molecule has 0 bridgehead atoms. The monoisotopic (exact) mass is 333 g/mol. The molecule has 3 rings (SSSR count). The molecule has 1 aliphatic heterocycles. The molecule has 2 N–H and O–H groups in total. The summed E-state index contributed by atoms with van der Waals surface area (Å²) in [7, 11) is 0. The normalized spacial score (nSPS) is 20.0. The summed E-state index contributed by atoms with van der Waals surface area (Å²) in [6.07, 6.45) is 0.172. The molecule has 1 aromatic carbocycles. The van der Waals surface area contributed by atoms with Crippen LogP contribution in [0.15, 0.2) is 40.8 Å². The van der Waals surface area contributed by atoms with Crippen LogP contribution < -0.4 is 5.32 Å². The summed E-state index contributed by atoms with van der Waals surface area (Å²) in [5.41, 5.74) is -0.700. The molecule has 1 aliphatic rings. The number of carbonyl (C=O) groups is 2. The molecule has 1 saturated heterocycles. The van der Waals surface area contributed by atoms with Gasteiger partial charge in [0.25, 0.3) is 5.91 Å². The molecule has 6 nitrogen and oxygen atoms in total. The average molecular weight is 333 g/mol. The molecule has 1 fully saturated rings. The second-order valence-corrected chi connectivity index (χ2v) is 5.75. The van der Waals surface area contributed by atoms with Crippen molar-refractivity contribution < 1.29 is 28.2 Å². The lowest BCUT2D eigenvalue weighted by Gasteiger charge is -2.26. The fourth-order valence-electron chi connectivity index (χ4n) is 2.75. The molecular weight excluding hydrogens is 317 g/mol. The number of amides is 1. The summed E-state index contributed by atoms with van der Waals surface area (Å²) in [5, 5.41) is 11.7. The van der Waals surface area contributed by atoms with E-state index in [2.05, 4.69) is 5.32 Å². The van der Waals surface area contributed by atoms with Crippen LogP contribution in [0.3, 0.4) is 0 Å². The number of halogens is 1. The van der Waals surface area contributed by atoms with Gasteiger partial charge in [0.1, 0.15) is 11.6 Å². The van der Waals surface area contributed by atoms with Gasteiger partial charge in [-0.25, -0.2) is 4.39 Å². The van der Waals surface area contributed by atoms with Crippen molar-refractivity contribution in [3.8, 4) is 11.3 Å². The van der Waals surface area contributed by atoms with Crippen LogP contribution in [0.4, 0.5) is 4.39 Å². The predicted octanol–water partition coefficient (Wildman–Crippen LogP) is 2.45. The van der Waals surface area contributed by atoms with E-state index in [0.717, 1.165) is 0 Å². The summed E-state index contributed by atoms with van der Waals surface area (Å²) < 4.78 is 24.4. The third kappa shape index (κ3) is 3.30. The van der Waals surface area contributed by atoms with Gasteiger partial charge in [0.15, 0.2) is 5.76 Å². The Bertz CT molecular complexity index is 764. The maximum absolute atomic E-state index is 13.8. The maximum atomic E-state index is 13.8. The minimum atomic E-state index is -1.02. The number of carboxylic acid groups (broad SMARTS) is 1. The first-order valence-corrected chi connectivity index (χ1v) is 7.46. The van der Waals surface area contributed by atoms with Gasteiger partial charge >= 0.3 is 5.97 Å². The van der Waals surface area contributed by atoms with Crippen LogP contribution in [0.2, 0.25) is 0 Å². The summed E-state index contributed by atoms with van der Waals surface area (Å²) in [5.74, 6) is -1.81. The Balaban J connectivity index is 1.79. The predicted molar refractivity (Wildman–Crippen MR) is 82.0 cm³/mol.